The molecule has 5 rings (SSSR count). The fourth-order valence-corrected chi connectivity index (χ4v) is 4.64. The Morgan fingerprint density at radius 2 is 1.81 bits per heavy atom. The summed E-state index contributed by atoms with van der Waals surface area (Å²) in [6, 6.07) is 21.4. The molecule has 1 aliphatic heterocycles. The van der Waals surface area contributed by atoms with Crippen LogP contribution in [0, 0.1) is 5.92 Å². The second-order valence-corrected chi connectivity index (χ2v) is 8.32. The van der Waals surface area contributed by atoms with Crippen LogP contribution in [0.15, 0.2) is 72.9 Å². The molecule has 31 heavy (non-hydrogen) atoms. The highest BCUT2D eigenvalue weighted by molar-refractivity contribution is 6.00. The first-order chi connectivity index (χ1) is 15.2. The lowest BCUT2D eigenvalue weighted by molar-refractivity contribution is -0.126. The van der Waals surface area contributed by atoms with E-state index in [0.29, 0.717) is 6.54 Å². The van der Waals surface area contributed by atoms with Gasteiger partial charge in [0.2, 0.25) is 11.8 Å². The summed E-state index contributed by atoms with van der Waals surface area (Å²) in [7, 11) is 0. The molecule has 0 bridgehead atoms. The van der Waals surface area contributed by atoms with Crippen molar-refractivity contribution in [3.63, 3.8) is 0 Å². The molecule has 5 nitrogen and oxygen atoms in total. The van der Waals surface area contributed by atoms with Crippen LogP contribution in [-0.2, 0) is 22.4 Å². The molecule has 0 spiro atoms. The van der Waals surface area contributed by atoms with Crippen LogP contribution in [-0.4, -0.2) is 23.3 Å². The maximum atomic E-state index is 13.2. The monoisotopic (exact) mass is 411 g/mol. The van der Waals surface area contributed by atoms with Crippen LogP contribution >= 0.6 is 0 Å². The topological polar surface area (TPSA) is 62.3 Å². The number of carbonyl (C=O) groups is 2. The maximum absolute atomic E-state index is 13.2. The predicted molar refractivity (Wildman–Crippen MR) is 120 cm³/mol. The number of hydrogen-bond donors (Lipinski definition) is 1. The number of fused-ring (bicyclic) bond motifs is 1. The zero-order valence-corrected chi connectivity index (χ0v) is 17.3. The van der Waals surface area contributed by atoms with Gasteiger partial charge in [-0.15, -0.1) is 0 Å². The highest BCUT2D eigenvalue weighted by Crippen LogP contribution is 2.31. The van der Waals surface area contributed by atoms with Crippen molar-refractivity contribution in [2.24, 2.45) is 5.92 Å². The molecule has 0 radical (unpaired) electrons. The van der Waals surface area contributed by atoms with E-state index in [2.05, 4.69) is 22.4 Å². The third-order valence-corrected chi connectivity index (χ3v) is 6.29. The third-order valence-electron chi connectivity index (χ3n) is 6.29. The summed E-state index contributed by atoms with van der Waals surface area (Å²) < 4.78 is 0. The van der Waals surface area contributed by atoms with Gasteiger partial charge in [0.1, 0.15) is 0 Å². The van der Waals surface area contributed by atoms with E-state index in [4.69, 9.17) is 0 Å². The second kappa shape index (κ2) is 8.34. The Balaban J connectivity index is 1.34. The normalized spacial score (nSPS) is 18.6. The Hall–Kier alpha value is -3.47. The minimum Gasteiger partial charge on any atom is -0.343 e. The molecular weight excluding hydrogens is 386 g/mol. The largest absolute Gasteiger partial charge is 0.343 e. The smallest absolute Gasteiger partial charge is 0.227 e. The van der Waals surface area contributed by atoms with Gasteiger partial charge in [-0.1, -0.05) is 42.5 Å². The molecule has 0 saturated carbocycles. The Morgan fingerprint density at radius 3 is 2.61 bits per heavy atom. The van der Waals surface area contributed by atoms with Crippen LogP contribution in [0.25, 0.3) is 0 Å². The van der Waals surface area contributed by atoms with Crippen molar-refractivity contribution in [3.05, 3.63) is 95.3 Å². The van der Waals surface area contributed by atoms with Crippen molar-refractivity contribution in [2.75, 3.05) is 11.4 Å². The molecule has 2 atom stereocenters. The minimum atomic E-state index is -0.379. The summed E-state index contributed by atoms with van der Waals surface area (Å²) in [5.41, 5.74) is 5.37. The molecule has 2 heterocycles. The molecular formula is C26H25N3O2. The molecule has 2 aliphatic rings. The number of nitrogens with zero attached hydrogens (tertiary/aromatic N) is 2. The van der Waals surface area contributed by atoms with Crippen LogP contribution < -0.4 is 10.2 Å². The van der Waals surface area contributed by atoms with Crippen LogP contribution in [0.4, 0.5) is 5.69 Å². The quantitative estimate of drug-likeness (QED) is 0.694. The number of benzene rings is 2. The fourth-order valence-electron chi connectivity index (χ4n) is 4.64. The first-order valence-electron chi connectivity index (χ1n) is 10.9. The van der Waals surface area contributed by atoms with Crippen molar-refractivity contribution in [3.8, 4) is 0 Å². The number of carbonyl (C=O) groups excluding carboxylic acids is 2. The lowest BCUT2D eigenvalue weighted by Gasteiger charge is -2.21. The molecule has 1 saturated heterocycles. The minimum absolute atomic E-state index is 0.00666. The van der Waals surface area contributed by atoms with Gasteiger partial charge in [-0.25, -0.2) is 0 Å². The van der Waals surface area contributed by atoms with E-state index >= 15 is 0 Å². The summed E-state index contributed by atoms with van der Waals surface area (Å²) in [6.07, 6.45) is 5.31. The van der Waals surface area contributed by atoms with Gasteiger partial charge in [0.05, 0.1) is 17.7 Å². The highest BCUT2D eigenvalue weighted by Gasteiger charge is 2.36. The van der Waals surface area contributed by atoms with E-state index in [1.807, 2.05) is 54.6 Å². The van der Waals surface area contributed by atoms with Crippen LogP contribution in [0.5, 0.6) is 0 Å². The fraction of sp³-hybridized carbons (Fsp3) is 0.269. The number of aryl methyl sites for hydroxylation is 2. The first-order valence-corrected chi connectivity index (χ1v) is 10.9. The molecule has 2 amide bonds. The van der Waals surface area contributed by atoms with Gasteiger partial charge in [0, 0.05) is 24.8 Å². The number of pyridine rings is 1. The molecule has 5 heteroatoms. The number of amides is 2. The molecule has 2 aromatic carbocycles. The SMILES string of the molecule is O=C(N[C@H](c1ccccc1)c1ccccn1)[C@@H]1CC(=O)N(c2ccc3c(c2)CCC3)C1. The molecule has 1 fully saturated rings. The Labute approximate surface area is 182 Å². The van der Waals surface area contributed by atoms with Gasteiger partial charge in [-0.3, -0.25) is 14.6 Å². The van der Waals surface area contributed by atoms with Crippen molar-refractivity contribution >= 4 is 17.5 Å². The van der Waals surface area contributed by atoms with Crippen molar-refractivity contribution in [1.82, 2.24) is 10.3 Å². The van der Waals surface area contributed by atoms with E-state index in [9.17, 15) is 9.59 Å². The van der Waals surface area contributed by atoms with Crippen molar-refractivity contribution in [2.45, 2.75) is 31.7 Å². The average Bonchev–Trinajstić information content (AvgIpc) is 3.44. The van der Waals surface area contributed by atoms with Crippen LogP contribution in [0.2, 0.25) is 0 Å². The van der Waals surface area contributed by atoms with E-state index in [1.165, 1.54) is 17.5 Å². The van der Waals surface area contributed by atoms with Gasteiger partial charge in [0.25, 0.3) is 0 Å². The summed E-state index contributed by atoms with van der Waals surface area (Å²) in [4.78, 5) is 32.2. The predicted octanol–water partition coefficient (Wildman–Crippen LogP) is 3.83. The van der Waals surface area contributed by atoms with Gasteiger partial charge in [-0.2, -0.15) is 0 Å². The molecule has 1 N–H and O–H groups in total. The lowest BCUT2D eigenvalue weighted by atomic mass is 10.0. The zero-order chi connectivity index (χ0) is 21.2. The Morgan fingerprint density at radius 1 is 1.00 bits per heavy atom. The van der Waals surface area contributed by atoms with E-state index in [0.717, 1.165) is 29.8 Å². The Bertz CT molecular complexity index is 1060. The summed E-state index contributed by atoms with van der Waals surface area (Å²) in [6.45, 7) is 0.410. The molecule has 156 valence electrons. The average molecular weight is 412 g/mol. The first kappa shape index (κ1) is 19.5. The number of nitrogens with one attached hydrogen (secondary N) is 1. The lowest BCUT2D eigenvalue weighted by Crippen LogP contribution is -2.36. The molecule has 3 aromatic rings. The van der Waals surface area contributed by atoms with Crippen molar-refractivity contribution in [1.29, 1.82) is 0 Å². The summed E-state index contributed by atoms with van der Waals surface area (Å²) in [5, 5.41) is 3.15. The molecule has 1 aliphatic carbocycles. The van der Waals surface area contributed by atoms with E-state index in [1.54, 1.807) is 11.1 Å². The number of aromatic nitrogens is 1. The van der Waals surface area contributed by atoms with Gasteiger partial charge < -0.3 is 10.2 Å². The summed E-state index contributed by atoms with van der Waals surface area (Å²) >= 11 is 0. The highest BCUT2D eigenvalue weighted by atomic mass is 16.2. The summed E-state index contributed by atoms with van der Waals surface area (Å²) in [5.74, 6) is -0.487. The van der Waals surface area contributed by atoms with Crippen molar-refractivity contribution < 1.29 is 9.59 Å². The van der Waals surface area contributed by atoms with Gasteiger partial charge >= 0.3 is 0 Å². The van der Waals surface area contributed by atoms with E-state index < -0.39 is 0 Å². The molecule has 1 aromatic heterocycles. The second-order valence-electron chi connectivity index (χ2n) is 8.32. The standard InChI is InChI=1S/C26H25N3O2/c30-24-16-21(17-29(24)22-13-12-18-9-6-10-20(18)15-22)26(31)28-25(19-7-2-1-3-8-19)23-11-4-5-14-27-23/h1-5,7-8,11-15,21,25H,6,9-10,16-17H2,(H,28,31)/t21-,25-/m1/s1. The van der Waals surface area contributed by atoms with Gasteiger partial charge in [-0.05, 0) is 60.2 Å². The van der Waals surface area contributed by atoms with Gasteiger partial charge in [0.15, 0.2) is 0 Å². The van der Waals surface area contributed by atoms with Crippen LogP contribution in [0.1, 0.15) is 41.3 Å². The number of rotatable bonds is 5. The van der Waals surface area contributed by atoms with E-state index in [-0.39, 0.29) is 30.2 Å². The molecule has 0 unspecified atom stereocenters. The third kappa shape index (κ3) is 3.96. The number of hydrogen-bond acceptors (Lipinski definition) is 3. The maximum Gasteiger partial charge on any atom is 0.227 e. The Kier molecular flexibility index (Phi) is 5.24. The zero-order valence-electron chi connectivity index (χ0n) is 17.3. The number of anilines is 1. The van der Waals surface area contributed by atoms with Crippen LogP contribution in [0.3, 0.4) is 0 Å².